The zero-order valence-electron chi connectivity index (χ0n) is 17.4. The molecule has 0 spiro atoms. The van der Waals surface area contributed by atoms with E-state index < -0.39 is 0 Å². The summed E-state index contributed by atoms with van der Waals surface area (Å²) in [5.41, 5.74) is 0.637. The number of rotatable bonds is 15. The van der Waals surface area contributed by atoms with Gasteiger partial charge in [-0.2, -0.15) is 0 Å². The van der Waals surface area contributed by atoms with E-state index in [1.54, 1.807) is 10.6 Å². The molecule has 0 bridgehead atoms. The molecule has 1 atom stereocenters. The minimum atomic E-state index is 0.145. The number of nitrogens with one attached hydrogen (secondary N) is 1. The van der Waals surface area contributed by atoms with Gasteiger partial charge in [0, 0.05) is 25.2 Å². The van der Waals surface area contributed by atoms with Gasteiger partial charge in [0.25, 0.3) is 0 Å². The van der Waals surface area contributed by atoms with Crippen LogP contribution in [0.15, 0.2) is 6.07 Å². The lowest BCUT2D eigenvalue weighted by molar-refractivity contribution is 0.295. The molecule has 0 radical (unpaired) electrons. The van der Waals surface area contributed by atoms with Crippen molar-refractivity contribution in [3.63, 3.8) is 0 Å². The van der Waals surface area contributed by atoms with E-state index >= 15 is 0 Å². The van der Waals surface area contributed by atoms with Gasteiger partial charge in [-0.15, -0.1) is 0 Å². The second-order valence-electron chi connectivity index (χ2n) is 7.37. The number of anilines is 1. The van der Waals surface area contributed by atoms with Crippen LogP contribution in [0.1, 0.15) is 79.1 Å². The molecule has 1 heterocycles. The summed E-state index contributed by atoms with van der Waals surface area (Å²) < 4.78 is 1.62. The van der Waals surface area contributed by atoms with Gasteiger partial charge >= 0.3 is 0 Å². The predicted molar refractivity (Wildman–Crippen MR) is 111 cm³/mol. The molecular weight excluding hydrogens is 326 g/mol. The van der Waals surface area contributed by atoms with Gasteiger partial charge in [0.05, 0.1) is 0 Å². The van der Waals surface area contributed by atoms with Crippen LogP contribution in [-0.2, 0) is 6.54 Å². The molecule has 1 unspecified atom stereocenters. The van der Waals surface area contributed by atoms with E-state index in [0.29, 0.717) is 12.2 Å². The molecule has 0 aromatic carbocycles. The molecule has 1 rings (SSSR count). The zero-order valence-corrected chi connectivity index (χ0v) is 17.4. The normalized spacial score (nSPS) is 12.7. The number of unbranched alkanes of at least 4 members (excludes halogenated alkanes) is 6. The van der Waals surface area contributed by atoms with E-state index in [1.165, 1.54) is 32.1 Å². The maximum Gasteiger partial charge on any atom is 0.218 e. The molecule has 152 valence electrons. The van der Waals surface area contributed by atoms with Crippen molar-refractivity contribution in [2.45, 2.75) is 91.6 Å². The summed E-state index contributed by atoms with van der Waals surface area (Å²) in [6.07, 6.45) is 9.56. The maximum absolute atomic E-state index is 10.4. The molecule has 0 fully saturated rings. The van der Waals surface area contributed by atoms with Crippen molar-refractivity contribution in [2.24, 2.45) is 0 Å². The number of aromatic hydroxyl groups is 2. The van der Waals surface area contributed by atoms with E-state index in [1.807, 2.05) is 0 Å². The van der Waals surface area contributed by atoms with Crippen molar-refractivity contribution < 1.29 is 10.2 Å². The van der Waals surface area contributed by atoms with Crippen LogP contribution in [-0.4, -0.2) is 45.4 Å². The molecule has 5 nitrogen and oxygen atoms in total. The molecule has 1 aromatic heterocycles. The SMILES string of the molecule is CCCCCCCCCn1c(O)cc(NC(C)CCN(CC)CC)c1O. The lowest BCUT2D eigenvalue weighted by Gasteiger charge is -2.21. The van der Waals surface area contributed by atoms with E-state index in [4.69, 9.17) is 0 Å². The van der Waals surface area contributed by atoms with Crippen molar-refractivity contribution in [3.8, 4) is 11.8 Å². The summed E-state index contributed by atoms with van der Waals surface area (Å²) in [5.74, 6) is 0.301. The smallest absolute Gasteiger partial charge is 0.218 e. The third-order valence-electron chi connectivity index (χ3n) is 5.21. The number of nitrogens with zero attached hydrogens (tertiary/aromatic N) is 2. The Morgan fingerprint density at radius 1 is 1.00 bits per heavy atom. The molecular formula is C21H41N3O2. The average molecular weight is 368 g/mol. The fourth-order valence-corrected chi connectivity index (χ4v) is 3.33. The van der Waals surface area contributed by atoms with Gasteiger partial charge < -0.3 is 20.4 Å². The highest BCUT2D eigenvalue weighted by molar-refractivity contribution is 5.57. The Morgan fingerprint density at radius 3 is 2.23 bits per heavy atom. The van der Waals surface area contributed by atoms with Crippen LogP contribution in [0.4, 0.5) is 5.69 Å². The number of aromatic nitrogens is 1. The van der Waals surface area contributed by atoms with E-state index in [2.05, 4.69) is 37.9 Å². The standard InChI is InChI=1S/C21H41N3O2/c1-5-8-9-10-11-12-13-15-24-20(25)17-19(21(24)26)22-18(4)14-16-23(6-2)7-3/h17-18,22,25-26H,5-16H2,1-4H3. The molecule has 3 N–H and O–H groups in total. The molecule has 5 heteroatoms. The minimum absolute atomic E-state index is 0.145. The van der Waals surface area contributed by atoms with Crippen molar-refractivity contribution in [1.82, 2.24) is 9.47 Å². The summed E-state index contributed by atoms with van der Waals surface area (Å²) in [4.78, 5) is 2.39. The Morgan fingerprint density at radius 2 is 1.62 bits per heavy atom. The van der Waals surface area contributed by atoms with Crippen molar-refractivity contribution in [3.05, 3.63) is 6.07 Å². The molecule has 0 aliphatic rings. The van der Waals surface area contributed by atoms with Gasteiger partial charge in [0.15, 0.2) is 5.88 Å². The van der Waals surface area contributed by atoms with Crippen LogP contribution in [0.5, 0.6) is 11.8 Å². The van der Waals surface area contributed by atoms with Crippen LogP contribution in [0.2, 0.25) is 0 Å². The third-order valence-corrected chi connectivity index (χ3v) is 5.21. The van der Waals surface area contributed by atoms with Gasteiger partial charge in [-0.05, 0) is 32.9 Å². The maximum atomic E-state index is 10.4. The topological polar surface area (TPSA) is 60.7 Å². The van der Waals surface area contributed by atoms with Gasteiger partial charge in [0.2, 0.25) is 5.88 Å². The fourth-order valence-electron chi connectivity index (χ4n) is 3.33. The highest BCUT2D eigenvalue weighted by Crippen LogP contribution is 2.33. The molecule has 0 amide bonds. The van der Waals surface area contributed by atoms with Crippen molar-refractivity contribution >= 4 is 5.69 Å². The Labute approximate surface area is 160 Å². The Bertz CT molecular complexity index is 484. The summed E-state index contributed by atoms with van der Waals surface area (Å²) in [5, 5.41) is 23.9. The van der Waals surface area contributed by atoms with Gasteiger partial charge in [0.1, 0.15) is 5.69 Å². The van der Waals surface area contributed by atoms with Crippen LogP contribution in [0.3, 0.4) is 0 Å². The first kappa shape index (κ1) is 22.7. The Kier molecular flexibility index (Phi) is 11.3. The quantitative estimate of drug-likeness (QED) is 0.374. The Hall–Kier alpha value is -1.36. The highest BCUT2D eigenvalue weighted by Gasteiger charge is 2.15. The van der Waals surface area contributed by atoms with Crippen LogP contribution in [0.25, 0.3) is 0 Å². The van der Waals surface area contributed by atoms with Gasteiger partial charge in [-0.1, -0.05) is 59.3 Å². The molecule has 1 aromatic rings. The first-order valence-corrected chi connectivity index (χ1v) is 10.6. The van der Waals surface area contributed by atoms with Crippen LogP contribution < -0.4 is 5.32 Å². The summed E-state index contributed by atoms with van der Waals surface area (Å²) in [6.45, 7) is 12.5. The van der Waals surface area contributed by atoms with Crippen molar-refractivity contribution in [2.75, 3.05) is 25.0 Å². The van der Waals surface area contributed by atoms with Gasteiger partial charge in [-0.25, -0.2) is 0 Å². The second kappa shape index (κ2) is 12.9. The van der Waals surface area contributed by atoms with E-state index in [9.17, 15) is 10.2 Å². The van der Waals surface area contributed by atoms with Crippen molar-refractivity contribution in [1.29, 1.82) is 0 Å². The highest BCUT2D eigenvalue weighted by atomic mass is 16.3. The Balaban J connectivity index is 2.41. The fraction of sp³-hybridized carbons (Fsp3) is 0.810. The number of hydrogen-bond acceptors (Lipinski definition) is 4. The monoisotopic (exact) mass is 367 g/mol. The third kappa shape index (κ3) is 7.90. The average Bonchev–Trinajstić information content (AvgIpc) is 2.88. The largest absolute Gasteiger partial charge is 0.494 e. The molecule has 0 saturated heterocycles. The van der Waals surface area contributed by atoms with E-state index in [0.717, 1.165) is 38.9 Å². The predicted octanol–water partition coefficient (Wildman–Crippen LogP) is 5.18. The lowest BCUT2D eigenvalue weighted by atomic mass is 10.1. The first-order chi connectivity index (χ1) is 12.5. The molecule has 0 saturated carbocycles. The number of hydrogen-bond donors (Lipinski definition) is 3. The van der Waals surface area contributed by atoms with Crippen LogP contribution >= 0.6 is 0 Å². The van der Waals surface area contributed by atoms with E-state index in [-0.39, 0.29) is 17.8 Å². The van der Waals surface area contributed by atoms with Crippen LogP contribution in [0, 0.1) is 0 Å². The summed E-state index contributed by atoms with van der Waals surface area (Å²) in [6, 6.07) is 1.89. The second-order valence-corrected chi connectivity index (χ2v) is 7.37. The summed E-state index contributed by atoms with van der Waals surface area (Å²) in [7, 11) is 0. The zero-order chi connectivity index (χ0) is 19.4. The minimum Gasteiger partial charge on any atom is -0.494 e. The molecule has 0 aliphatic heterocycles. The molecule has 26 heavy (non-hydrogen) atoms. The first-order valence-electron chi connectivity index (χ1n) is 10.6. The lowest BCUT2D eigenvalue weighted by Crippen LogP contribution is -2.28. The van der Waals surface area contributed by atoms with Gasteiger partial charge in [-0.3, -0.25) is 4.57 Å². The molecule has 0 aliphatic carbocycles. The summed E-state index contributed by atoms with van der Waals surface area (Å²) >= 11 is 0.